The van der Waals surface area contributed by atoms with Crippen molar-refractivity contribution in [1.29, 1.82) is 0 Å². The van der Waals surface area contributed by atoms with Crippen LogP contribution < -0.4 is 0 Å². The van der Waals surface area contributed by atoms with Crippen LogP contribution in [-0.4, -0.2) is 60.9 Å². The van der Waals surface area contributed by atoms with Crippen LogP contribution in [0.2, 0.25) is 0 Å². The van der Waals surface area contributed by atoms with Crippen molar-refractivity contribution in [2.45, 2.75) is 23.7 Å². The first-order valence-corrected chi connectivity index (χ1v) is 11.9. The predicted octanol–water partition coefficient (Wildman–Crippen LogP) is 3.07. The molecule has 10 heteroatoms. The molecule has 0 aliphatic carbocycles. The van der Waals surface area contributed by atoms with Crippen LogP contribution >= 0.6 is 11.3 Å². The molecule has 4 rings (SSSR count). The lowest BCUT2D eigenvalue weighted by molar-refractivity contribution is 0.0698. The normalized spacial score (nSPS) is 17.4. The zero-order chi connectivity index (χ0) is 21.3. The summed E-state index contributed by atoms with van der Waals surface area (Å²) < 4.78 is 31.4. The van der Waals surface area contributed by atoms with Crippen molar-refractivity contribution in [3.63, 3.8) is 0 Å². The van der Waals surface area contributed by atoms with E-state index in [-0.39, 0.29) is 16.7 Å². The fourth-order valence-corrected chi connectivity index (χ4v) is 4.97. The molecule has 1 aliphatic rings. The first-order chi connectivity index (χ1) is 14.4. The molecular formula is C20H22N4O4S2. The number of thiophene rings is 1. The highest BCUT2D eigenvalue weighted by atomic mass is 32.2. The Balaban J connectivity index is 1.47. The second kappa shape index (κ2) is 8.29. The first kappa shape index (κ1) is 20.7. The average molecular weight is 447 g/mol. The van der Waals surface area contributed by atoms with E-state index in [4.69, 9.17) is 4.42 Å². The van der Waals surface area contributed by atoms with E-state index in [1.54, 1.807) is 17.0 Å². The fourth-order valence-electron chi connectivity index (χ4n) is 3.43. The van der Waals surface area contributed by atoms with Crippen LogP contribution in [0.1, 0.15) is 35.0 Å². The number of carbonyl (C=O) groups is 1. The van der Waals surface area contributed by atoms with Gasteiger partial charge in [0.2, 0.25) is 15.9 Å². The minimum absolute atomic E-state index is 0.0164. The van der Waals surface area contributed by atoms with Gasteiger partial charge in [-0.1, -0.05) is 6.07 Å². The van der Waals surface area contributed by atoms with Gasteiger partial charge < -0.3 is 9.32 Å². The third-order valence-electron chi connectivity index (χ3n) is 5.11. The van der Waals surface area contributed by atoms with Crippen LogP contribution in [0.25, 0.3) is 10.8 Å². The van der Waals surface area contributed by atoms with E-state index in [0.717, 1.165) is 22.0 Å². The zero-order valence-electron chi connectivity index (χ0n) is 16.7. The van der Waals surface area contributed by atoms with E-state index in [2.05, 4.69) is 10.2 Å². The number of aromatic nitrogens is 2. The summed E-state index contributed by atoms with van der Waals surface area (Å²) in [5, 5.41) is 10.3. The molecule has 3 aromatic rings. The van der Waals surface area contributed by atoms with Crippen LogP contribution in [0.15, 0.2) is 51.1 Å². The molecule has 2 aromatic heterocycles. The van der Waals surface area contributed by atoms with Crippen molar-refractivity contribution >= 4 is 27.3 Å². The number of benzene rings is 1. The largest absolute Gasteiger partial charge is 0.420 e. The van der Waals surface area contributed by atoms with Gasteiger partial charge in [0.25, 0.3) is 11.8 Å². The molecule has 8 nitrogen and oxygen atoms in total. The molecule has 158 valence electrons. The fraction of sp³-hybridized carbons (Fsp3) is 0.350. The Morgan fingerprint density at radius 1 is 1.20 bits per heavy atom. The molecule has 1 aliphatic heterocycles. The molecule has 1 unspecified atom stereocenters. The quantitative estimate of drug-likeness (QED) is 0.598. The molecular weight excluding hydrogens is 424 g/mol. The maximum Gasteiger partial charge on any atom is 0.257 e. The summed E-state index contributed by atoms with van der Waals surface area (Å²) in [6, 6.07) is 9.91. The molecule has 0 saturated carbocycles. The van der Waals surface area contributed by atoms with Crippen LogP contribution in [0, 0.1) is 0 Å². The van der Waals surface area contributed by atoms with E-state index in [1.807, 2.05) is 17.5 Å². The minimum Gasteiger partial charge on any atom is -0.420 e. The van der Waals surface area contributed by atoms with E-state index in [0.29, 0.717) is 30.4 Å². The number of likely N-dealkylation sites (tertiary alicyclic amines) is 1. The van der Waals surface area contributed by atoms with Crippen molar-refractivity contribution in [3.05, 3.63) is 53.2 Å². The van der Waals surface area contributed by atoms with Gasteiger partial charge in [0.1, 0.15) is 0 Å². The Labute approximate surface area is 179 Å². The summed E-state index contributed by atoms with van der Waals surface area (Å²) in [6.07, 6.45) is 1.70. The topological polar surface area (TPSA) is 96.6 Å². The molecule has 1 atom stereocenters. The van der Waals surface area contributed by atoms with E-state index < -0.39 is 10.0 Å². The van der Waals surface area contributed by atoms with Gasteiger partial charge in [-0.2, -0.15) is 0 Å². The molecule has 1 aromatic carbocycles. The summed E-state index contributed by atoms with van der Waals surface area (Å²) in [5.74, 6) is 0.897. The first-order valence-electron chi connectivity index (χ1n) is 9.55. The smallest absolute Gasteiger partial charge is 0.257 e. The minimum atomic E-state index is -3.52. The molecule has 1 fully saturated rings. The second-order valence-electron chi connectivity index (χ2n) is 7.32. The summed E-state index contributed by atoms with van der Waals surface area (Å²) in [6.45, 7) is 1.13. The number of hydrogen-bond donors (Lipinski definition) is 0. The maximum atomic E-state index is 13.0. The van der Waals surface area contributed by atoms with Crippen molar-refractivity contribution in [1.82, 2.24) is 19.4 Å². The number of amides is 1. The number of sulfonamides is 1. The highest BCUT2D eigenvalue weighted by Gasteiger charge is 2.29. The van der Waals surface area contributed by atoms with E-state index >= 15 is 0 Å². The molecule has 3 heterocycles. The van der Waals surface area contributed by atoms with Crippen molar-refractivity contribution in [2.75, 3.05) is 27.2 Å². The van der Waals surface area contributed by atoms with Crippen molar-refractivity contribution in [2.24, 2.45) is 0 Å². The molecule has 1 saturated heterocycles. The SMILES string of the molecule is CN(C)S(=O)(=O)c1ccc(C(=O)N2CCCC(c3nnc(-c4cccs4)o3)C2)cc1. The lowest BCUT2D eigenvalue weighted by atomic mass is 9.97. The Morgan fingerprint density at radius 3 is 2.63 bits per heavy atom. The van der Waals surface area contributed by atoms with E-state index in [1.165, 1.54) is 37.6 Å². The number of rotatable bonds is 5. The Kier molecular flexibility index (Phi) is 5.72. The lowest BCUT2D eigenvalue weighted by Crippen LogP contribution is -2.39. The molecule has 0 radical (unpaired) electrons. The van der Waals surface area contributed by atoms with Gasteiger partial charge in [-0.05, 0) is 48.6 Å². The third kappa shape index (κ3) is 4.03. The highest BCUT2D eigenvalue weighted by Crippen LogP contribution is 2.30. The molecule has 1 amide bonds. The van der Waals surface area contributed by atoms with Gasteiger partial charge in [-0.15, -0.1) is 21.5 Å². The molecule has 0 N–H and O–H groups in total. The van der Waals surface area contributed by atoms with Gasteiger partial charge in [0.05, 0.1) is 15.7 Å². The average Bonchev–Trinajstić information content (AvgIpc) is 3.45. The maximum absolute atomic E-state index is 13.0. The summed E-state index contributed by atoms with van der Waals surface area (Å²) in [7, 11) is -0.572. The Morgan fingerprint density at radius 2 is 1.97 bits per heavy atom. The number of carbonyl (C=O) groups excluding carboxylic acids is 1. The molecule has 0 bridgehead atoms. The molecule has 0 spiro atoms. The van der Waals surface area contributed by atoms with Gasteiger partial charge >= 0.3 is 0 Å². The predicted molar refractivity (Wildman–Crippen MR) is 113 cm³/mol. The van der Waals surface area contributed by atoms with Gasteiger partial charge in [0, 0.05) is 32.7 Å². The van der Waals surface area contributed by atoms with Crippen LogP contribution in [0.3, 0.4) is 0 Å². The Hall–Kier alpha value is -2.56. The highest BCUT2D eigenvalue weighted by molar-refractivity contribution is 7.89. The van der Waals surface area contributed by atoms with Crippen molar-refractivity contribution in [3.8, 4) is 10.8 Å². The van der Waals surface area contributed by atoms with Crippen LogP contribution in [-0.2, 0) is 10.0 Å². The Bertz CT molecular complexity index is 1120. The van der Waals surface area contributed by atoms with Gasteiger partial charge in [0.15, 0.2) is 0 Å². The second-order valence-corrected chi connectivity index (χ2v) is 10.4. The zero-order valence-corrected chi connectivity index (χ0v) is 18.3. The summed E-state index contributed by atoms with van der Waals surface area (Å²) in [5.41, 5.74) is 0.457. The molecule has 30 heavy (non-hydrogen) atoms. The number of hydrogen-bond acceptors (Lipinski definition) is 7. The lowest BCUT2D eigenvalue weighted by Gasteiger charge is -2.31. The van der Waals surface area contributed by atoms with Gasteiger partial charge in [-0.3, -0.25) is 4.79 Å². The van der Waals surface area contributed by atoms with Crippen molar-refractivity contribution < 1.29 is 17.6 Å². The van der Waals surface area contributed by atoms with Gasteiger partial charge in [-0.25, -0.2) is 12.7 Å². The standard InChI is InChI=1S/C20H22N4O4S2/c1-23(2)30(26,27)16-9-7-14(8-10-16)20(25)24-11-3-5-15(13-24)18-21-22-19(28-18)17-6-4-12-29-17/h4,6-10,12,15H,3,5,11,13H2,1-2H3. The third-order valence-corrected chi connectivity index (χ3v) is 7.80. The number of piperidine rings is 1. The number of nitrogens with zero attached hydrogens (tertiary/aromatic N) is 4. The van der Waals surface area contributed by atoms with Crippen LogP contribution in [0.4, 0.5) is 0 Å². The summed E-state index contributed by atoms with van der Waals surface area (Å²) >= 11 is 1.54. The van der Waals surface area contributed by atoms with E-state index in [9.17, 15) is 13.2 Å². The monoisotopic (exact) mass is 446 g/mol. The summed E-state index contributed by atoms with van der Waals surface area (Å²) in [4.78, 5) is 15.8. The van der Waals surface area contributed by atoms with Crippen LogP contribution in [0.5, 0.6) is 0 Å².